The highest BCUT2D eigenvalue weighted by Gasteiger charge is 2.30. The van der Waals surface area contributed by atoms with Gasteiger partial charge in [0, 0.05) is 12.1 Å². The van der Waals surface area contributed by atoms with Crippen LogP contribution in [0.1, 0.15) is 38.3 Å². The maximum atomic E-state index is 5.97. The fourth-order valence-corrected chi connectivity index (χ4v) is 3.26. The van der Waals surface area contributed by atoms with Gasteiger partial charge in [-0.1, -0.05) is 36.4 Å². The lowest BCUT2D eigenvalue weighted by Gasteiger charge is -2.36. The highest BCUT2D eigenvalue weighted by atomic mass is 16.5. The molecule has 0 unspecified atom stereocenters. The quantitative estimate of drug-likeness (QED) is 0.685. The summed E-state index contributed by atoms with van der Waals surface area (Å²) in [6, 6.07) is 17.0. The first-order valence-electron chi connectivity index (χ1n) is 9.48. The molecule has 2 aromatic heterocycles. The summed E-state index contributed by atoms with van der Waals surface area (Å²) in [5.41, 5.74) is 2.06. The van der Waals surface area contributed by atoms with Crippen LogP contribution in [0.2, 0.25) is 0 Å². The molecule has 27 heavy (non-hydrogen) atoms. The SMILES string of the molecule is CC(C)n1cnnc1-c1cccc(NC2CC(OCc3ccccc3)C2)n1. The van der Waals surface area contributed by atoms with Gasteiger partial charge in [-0.05, 0) is 44.4 Å². The van der Waals surface area contributed by atoms with Gasteiger partial charge in [0.25, 0.3) is 0 Å². The van der Waals surface area contributed by atoms with Crippen LogP contribution in [-0.4, -0.2) is 31.9 Å². The molecule has 0 spiro atoms. The first-order chi connectivity index (χ1) is 13.2. The number of hydrogen-bond donors (Lipinski definition) is 1. The van der Waals surface area contributed by atoms with Gasteiger partial charge in [-0.2, -0.15) is 0 Å². The summed E-state index contributed by atoms with van der Waals surface area (Å²) in [6.45, 7) is 4.90. The van der Waals surface area contributed by atoms with E-state index in [0.717, 1.165) is 30.2 Å². The molecule has 0 radical (unpaired) electrons. The maximum Gasteiger partial charge on any atom is 0.182 e. The zero-order valence-electron chi connectivity index (χ0n) is 15.7. The van der Waals surface area contributed by atoms with Crippen LogP contribution in [0.25, 0.3) is 11.5 Å². The molecule has 4 rings (SSSR count). The molecule has 1 N–H and O–H groups in total. The Morgan fingerprint density at radius 2 is 1.93 bits per heavy atom. The van der Waals surface area contributed by atoms with E-state index in [2.05, 4.69) is 41.5 Å². The molecule has 1 fully saturated rings. The average molecular weight is 363 g/mol. The van der Waals surface area contributed by atoms with E-state index in [9.17, 15) is 0 Å². The van der Waals surface area contributed by atoms with Gasteiger partial charge in [-0.15, -0.1) is 10.2 Å². The third kappa shape index (κ3) is 4.17. The zero-order chi connectivity index (χ0) is 18.6. The Kier molecular flexibility index (Phi) is 5.16. The Morgan fingerprint density at radius 3 is 2.70 bits per heavy atom. The van der Waals surface area contributed by atoms with Crippen molar-refractivity contribution in [1.29, 1.82) is 0 Å². The summed E-state index contributed by atoms with van der Waals surface area (Å²) < 4.78 is 8.01. The summed E-state index contributed by atoms with van der Waals surface area (Å²) in [5, 5.41) is 11.8. The number of aromatic nitrogens is 4. The molecule has 2 heterocycles. The molecule has 1 aromatic carbocycles. The third-order valence-corrected chi connectivity index (χ3v) is 4.88. The van der Waals surface area contributed by atoms with Crippen molar-refractivity contribution in [3.63, 3.8) is 0 Å². The second-order valence-electron chi connectivity index (χ2n) is 7.29. The number of hydrogen-bond acceptors (Lipinski definition) is 5. The van der Waals surface area contributed by atoms with E-state index in [0.29, 0.717) is 24.8 Å². The van der Waals surface area contributed by atoms with E-state index < -0.39 is 0 Å². The summed E-state index contributed by atoms with van der Waals surface area (Å²) in [5.74, 6) is 1.67. The van der Waals surface area contributed by atoms with Crippen LogP contribution in [0.3, 0.4) is 0 Å². The van der Waals surface area contributed by atoms with E-state index in [1.807, 2.05) is 41.0 Å². The molecule has 0 aliphatic heterocycles. The molecule has 1 saturated carbocycles. The molecule has 0 atom stereocenters. The molecule has 140 valence electrons. The Morgan fingerprint density at radius 1 is 1.11 bits per heavy atom. The van der Waals surface area contributed by atoms with Gasteiger partial charge in [0.1, 0.15) is 17.8 Å². The van der Waals surface area contributed by atoms with Gasteiger partial charge in [0.05, 0.1) is 12.7 Å². The molecule has 0 saturated heterocycles. The number of pyridine rings is 1. The lowest BCUT2D eigenvalue weighted by Crippen LogP contribution is -2.40. The second kappa shape index (κ2) is 7.88. The summed E-state index contributed by atoms with van der Waals surface area (Å²) in [7, 11) is 0. The second-order valence-corrected chi connectivity index (χ2v) is 7.29. The van der Waals surface area contributed by atoms with Crippen LogP contribution >= 0.6 is 0 Å². The molecule has 0 bridgehead atoms. The first-order valence-corrected chi connectivity index (χ1v) is 9.48. The topological polar surface area (TPSA) is 64.9 Å². The minimum atomic E-state index is 0.294. The van der Waals surface area contributed by atoms with E-state index >= 15 is 0 Å². The summed E-state index contributed by atoms with van der Waals surface area (Å²) >= 11 is 0. The van der Waals surface area contributed by atoms with E-state index in [-0.39, 0.29) is 0 Å². The maximum absolute atomic E-state index is 5.97. The Hall–Kier alpha value is -2.73. The van der Waals surface area contributed by atoms with Crippen LogP contribution in [0.5, 0.6) is 0 Å². The van der Waals surface area contributed by atoms with Crippen LogP contribution in [0.4, 0.5) is 5.82 Å². The zero-order valence-corrected chi connectivity index (χ0v) is 15.7. The fraction of sp³-hybridized carbons (Fsp3) is 0.381. The van der Waals surface area contributed by atoms with Crippen molar-refractivity contribution in [2.45, 2.75) is 51.5 Å². The monoisotopic (exact) mass is 363 g/mol. The van der Waals surface area contributed by atoms with Crippen LogP contribution in [0, 0.1) is 0 Å². The number of nitrogens with zero attached hydrogens (tertiary/aromatic N) is 4. The normalized spacial score (nSPS) is 19.1. The standard InChI is InChI=1S/C21H25N5O/c1-15(2)26-14-22-25-21(26)19-9-6-10-20(24-19)23-17-11-18(12-17)27-13-16-7-4-3-5-8-16/h3-10,14-15,17-18H,11-13H2,1-2H3,(H,23,24). The van der Waals surface area contributed by atoms with Crippen molar-refractivity contribution >= 4 is 5.82 Å². The number of benzene rings is 1. The minimum absolute atomic E-state index is 0.294. The number of anilines is 1. The molecule has 1 aliphatic rings. The molecular formula is C21H25N5O. The highest BCUT2D eigenvalue weighted by molar-refractivity contribution is 5.53. The first kappa shape index (κ1) is 17.7. The lowest BCUT2D eigenvalue weighted by atomic mass is 9.89. The van der Waals surface area contributed by atoms with Crippen LogP contribution in [0.15, 0.2) is 54.9 Å². The summed E-state index contributed by atoms with van der Waals surface area (Å²) in [6.07, 6.45) is 4.07. The molecular weight excluding hydrogens is 338 g/mol. The van der Waals surface area contributed by atoms with Crippen LogP contribution in [-0.2, 0) is 11.3 Å². The number of rotatable bonds is 7. The highest BCUT2D eigenvalue weighted by Crippen LogP contribution is 2.28. The smallest absolute Gasteiger partial charge is 0.182 e. The predicted octanol–water partition coefficient (Wildman–Crippen LogP) is 4.08. The Labute approximate surface area is 159 Å². The number of ether oxygens (including phenoxy) is 1. The van der Waals surface area contributed by atoms with Crippen molar-refractivity contribution in [2.75, 3.05) is 5.32 Å². The van der Waals surface area contributed by atoms with Crippen molar-refractivity contribution in [1.82, 2.24) is 19.7 Å². The molecule has 6 nitrogen and oxygen atoms in total. The molecule has 1 aliphatic carbocycles. The van der Waals surface area contributed by atoms with Gasteiger partial charge >= 0.3 is 0 Å². The van der Waals surface area contributed by atoms with Crippen molar-refractivity contribution in [3.8, 4) is 11.5 Å². The van der Waals surface area contributed by atoms with Crippen LogP contribution < -0.4 is 5.32 Å². The van der Waals surface area contributed by atoms with E-state index in [1.165, 1.54) is 5.56 Å². The van der Waals surface area contributed by atoms with Crippen molar-refractivity contribution < 1.29 is 4.74 Å². The molecule has 0 amide bonds. The van der Waals surface area contributed by atoms with E-state index in [4.69, 9.17) is 9.72 Å². The fourth-order valence-electron chi connectivity index (χ4n) is 3.26. The minimum Gasteiger partial charge on any atom is -0.373 e. The van der Waals surface area contributed by atoms with Crippen molar-refractivity contribution in [3.05, 3.63) is 60.4 Å². The molecule has 6 heteroatoms. The lowest BCUT2D eigenvalue weighted by molar-refractivity contribution is -0.0150. The average Bonchev–Trinajstić information content (AvgIpc) is 3.15. The molecule has 3 aromatic rings. The predicted molar refractivity (Wildman–Crippen MR) is 105 cm³/mol. The van der Waals surface area contributed by atoms with E-state index in [1.54, 1.807) is 6.33 Å². The third-order valence-electron chi connectivity index (χ3n) is 4.88. The Bertz CT molecular complexity index is 871. The van der Waals surface area contributed by atoms with Crippen molar-refractivity contribution in [2.24, 2.45) is 0 Å². The largest absolute Gasteiger partial charge is 0.373 e. The number of nitrogens with one attached hydrogen (secondary N) is 1. The summed E-state index contributed by atoms with van der Waals surface area (Å²) in [4.78, 5) is 4.72. The van der Waals surface area contributed by atoms with Gasteiger partial charge in [-0.3, -0.25) is 0 Å². The van der Waals surface area contributed by atoms with Gasteiger partial charge in [0.2, 0.25) is 0 Å². The van der Waals surface area contributed by atoms with Gasteiger partial charge < -0.3 is 14.6 Å². The van der Waals surface area contributed by atoms with Gasteiger partial charge in [-0.25, -0.2) is 4.98 Å². The van der Waals surface area contributed by atoms with Gasteiger partial charge in [0.15, 0.2) is 5.82 Å². The Balaban J connectivity index is 1.32.